The number of rotatable bonds is 9. The van der Waals surface area contributed by atoms with Gasteiger partial charge in [0.05, 0.1) is 22.9 Å². The van der Waals surface area contributed by atoms with Crippen LogP contribution >= 0.6 is 0 Å². The van der Waals surface area contributed by atoms with Crippen LogP contribution in [0.1, 0.15) is 34.2 Å². The Morgan fingerprint density at radius 2 is 1.44 bits per heavy atom. The number of nitrogens with zero attached hydrogens (tertiary/aromatic N) is 6. The quantitative estimate of drug-likeness (QED) is 0.141. The minimum atomic E-state index is -4.65. The normalized spacial score (nSPS) is 15.6. The maximum Gasteiger partial charge on any atom is 0.416 e. The number of hydrogen-bond acceptors (Lipinski definition) is 9. The van der Waals surface area contributed by atoms with E-state index in [1.54, 1.807) is 31.2 Å². The lowest BCUT2D eigenvalue weighted by Crippen LogP contribution is -2.46. The number of piperazine rings is 2. The molecule has 2 fully saturated rings. The molecule has 2 amide bonds. The van der Waals surface area contributed by atoms with E-state index < -0.39 is 23.5 Å². The van der Waals surface area contributed by atoms with E-state index >= 15 is 4.39 Å². The van der Waals surface area contributed by atoms with Gasteiger partial charge in [0.1, 0.15) is 17.5 Å². The summed E-state index contributed by atoms with van der Waals surface area (Å²) in [4.78, 5) is 43.8. The maximum absolute atomic E-state index is 16.3. The van der Waals surface area contributed by atoms with Crippen LogP contribution in [-0.4, -0.2) is 97.5 Å². The van der Waals surface area contributed by atoms with Gasteiger partial charge < -0.3 is 36.0 Å². The van der Waals surface area contributed by atoms with Crippen molar-refractivity contribution in [3.63, 3.8) is 0 Å². The fraction of sp³-hybridized carbons (Fsp3) is 0.333. The van der Waals surface area contributed by atoms with Gasteiger partial charge in [-0.25, -0.2) is 14.4 Å². The summed E-state index contributed by atoms with van der Waals surface area (Å²) in [5.74, 6) is -1.81. The lowest BCUT2D eigenvalue weighted by Gasteiger charge is -2.35. The van der Waals surface area contributed by atoms with Crippen molar-refractivity contribution in [2.24, 2.45) is 0 Å². The number of benzene rings is 4. The van der Waals surface area contributed by atoms with Crippen molar-refractivity contribution in [2.75, 3.05) is 92.1 Å². The molecule has 0 atom stereocenters. The Balaban J connectivity index is 1.06. The molecule has 2 aliphatic rings. The molecule has 0 unspecified atom stereocenters. The fourth-order valence-corrected chi connectivity index (χ4v) is 7.32. The molecule has 0 saturated carbocycles. The number of nitrogen functional groups attached to an aromatic ring is 1. The van der Waals surface area contributed by atoms with Crippen LogP contribution in [0.4, 0.5) is 46.1 Å². The minimum absolute atomic E-state index is 0.0266. The van der Waals surface area contributed by atoms with E-state index in [2.05, 4.69) is 42.2 Å². The summed E-state index contributed by atoms with van der Waals surface area (Å²) in [6.45, 7) is 11.3. The van der Waals surface area contributed by atoms with Crippen LogP contribution in [0.15, 0.2) is 72.8 Å². The minimum Gasteiger partial charge on any atom is -0.383 e. The summed E-state index contributed by atoms with van der Waals surface area (Å²) in [5, 5.41) is 5.54. The van der Waals surface area contributed by atoms with Crippen LogP contribution in [0.5, 0.6) is 0 Å². The van der Waals surface area contributed by atoms with Crippen molar-refractivity contribution < 1.29 is 27.2 Å². The van der Waals surface area contributed by atoms with Gasteiger partial charge in [0.25, 0.3) is 5.91 Å². The number of aromatic nitrogens is 2. The molecule has 57 heavy (non-hydrogen) atoms. The number of halogens is 4. The third-order valence-corrected chi connectivity index (χ3v) is 10.7. The molecule has 5 aromatic rings. The van der Waals surface area contributed by atoms with Crippen molar-refractivity contribution in [3.8, 4) is 11.1 Å². The van der Waals surface area contributed by atoms with Crippen LogP contribution in [0, 0.1) is 12.7 Å². The van der Waals surface area contributed by atoms with Gasteiger partial charge in [-0.1, -0.05) is 13.0 Å². The number of aryl methyl sites for hydroxylation is 1. The molecule has 0 bridgehead atoms. The van der Waals surface area contributed by atoms with Gasteiger partial charge in [-0.15, -0.1) is 0 Å². The van der Waals surface area contributed by atoms with E-state index in [1.807, 2.05) is 36.2 Å². The number of anilines is 5. The molecule has 11 nitrogen and oxygen atoms in total. The highest BCUT2D eigenvalue weighted by atomic mass is 19.4. The van der Waals surface area contributed by atoms with Crippen LogP contribution in [-0.2, 0) is 17.4 Å². The SMILES string of the molecule is CCN1CCN(c2ccc(NC(=O)Cc3nc(N)c4c(F)c(-c5cc(NC(=O)c6cc(N7CCN(C)CC7)cc(C(F)(F)F)c6)ccc5C)ccc4n3)cc2)CC1. The number of amides is 2. The molecule has 3 heterocycles. The first kappa shape index (κ1) is 39.4. The van der Waals surface area contributed by atoms with E-state index in [0.29, 0.717) is 48.7 Å². The first-order valence-corrected chi connectivity index (χ1v) is 19.0. The molecular weight excluding hydrogens is 739 g/mol. The van der Waals surface area contributed by atoms with Gasteiger partial charge in [-0.3, -0.25) is 9.59 Å². The largest absolute Gasteiger partial charge is 0.416 e. The van der Waals surface area contributed by atoms with Gasteiger partial charge in [-0.05, 0) is 98.4 Å². The maximum atomic E-state index is 16.3. The van der Waals surface area contributed by atoms with Crippen molar-refractivity contribution in [1.82, 2.24) is 19.8 Å². The Bertz CT molecular complexity index is 2290. The van der Waals surface area contributed by atoms with Crippen molar-refractivity contribution >= 4 is 51.3 Å². The highest BCUT2D eigenvalue weighted by Crippen LogP contribution is 2.36. The summed E-state index contributed by atoms with van der Waals surface area (Å²) < 4.78 is 58.1. The second kappa shape index (κ2) is 16.4. The molecule has 4 N–H and O–H groups in total. The Labute approximate surface area is 328 Å². The van der Waals surface area contributed by atoms with E-state index in [1.165, 1.54) is 12.1 Å². The van der Waals surface area contributed by atoms with E-state index in [-0.39, 0.29) is 51.7 Å². The monoisotopic (exact) mass is 783 g/mol. The second-order valence-electron chi connectivity index (χ2n) is 14.6. The number of nitrogens with one attached hydrogen (secondary N) is 2. The average molecular weight is 784 g/mol. The zero-order valence-corrected chi connectivity index (χ0v) is 32.1. The third kappa shape index (κ3) is 8.94. The zero-order chi connectivity index (χ0) is 40.4. The van der Waals surface area contributed by atoms with Crippen LogP contribution in [0.3, 0.4) is 0 Å². The van der Waals surface area contributed by atoms with Gasteiger partial charge in [0.2, 0.25) is 5.91 Å². The molecular formula is C42H45F4N9O2. The number of fused-ring (bicyclic) bond motifs is 1. The predicted molar refractivity (Wildman–Crippen MR) is 216 cm³/mol. The summed E-state index contributed by atoms with van der Waals surface area (Å²) in [7, 11) is 1.94. The van der Waals surface area contributed by atoms with Crippen molar-refractivity contribution in [1.29, 1.82) is 0 Å². The van der Waals surface area contributed by atoms with Crippen LogP contribution in [0.25, 0.3) is 22.0 Å². The van der Waals surface area contributed by atoms with Crippen molar-refractivity contribution in [2.45, 2.75) is 26.4 Å². The number of hydrogen-bond donors (Lipinski definition) is 3. The van der Waals surface area contributed by atoms with Crippen LogP contribution in [0.2, 0.25) is 0 Å². The van der Waals surface area contributed by atoms with E-state index in [9.17, 15) is 22.8 Å². The smallest absolute Gasteiger partial charge is 0.383 e. The Morgan fingerprint density at radius 1 is 0.772 bits per heavy atom. The molecule has 0 aliphatic carbocycles. The van der Waals surface area contributed by atoms with Gasteiger partial charge in [0, 0.05) is 86.2 Å². The summed E-state index contributed by atoms with van der Waals surface area (Å²) in [6.07, 6.45) is -4.84. The lowest BCUT2D eigenvalue weighted by atomic mass is 9.97. The summed E-state index contributed by atoms with van der Waals surface area (Å²) in [6, 6.07) is 19.0. The number of carbonyl (C=O) groups is 2. The van der Waals surface area contributed by atoms with E-state index in [4.69, 9.17) is 5.73 Å². The number of carbonyl (C=O) groups excluding carboxylic acids is 2. The number of likely N-dealkylation sites (N-methyl/N-ethyl adjacent to an activating group) is 2. The van der Waals surface area contributed by atoms with Crippen molar-refractivity contribution in [3.05, 3.63) is 101 Å². The summed E-state index contributed by atoms with van der Waals surface area (Å²) in [5.41, 5.74) is 8.96. The second-order valence-corrected chi connectivity index (χ2v) is 14.6. The Kier molecular flexibility index (Phi) is 11.3. The standard InChI is InChI=1S/C42H45F4N9O2/c1-4-53-15-19-54(20-16-53)31-9-7-29(8-10-31)48-37(56)25-36-50-35-12-11-33(39(43)38(35)40(47)51-36)34-24-30(6-5-26(34)2)49-41(57)27-21-28(42(44,45)46)23-32(22-27)55-17-13-52(3)14-18-55/h5-12,21-24H,4,13-20,25H2,1-3H3,(H,48,56)(H,49,57)(H2,47,50,51). The number of nitrogens with two attached hydrogens (primary N) is 1. The number of alkyl halides is 3. The highest BCUT2D eigenvalue weighted by Gasteiger charge is 2.33. The first-order chi connectivity index (χ1) is 27.2. The zero-order valence-electron chi connectivity index (χ0n) is 32.1. The highest BCUT2D eigenvalue weighted by molar-refractivity contribution is 6.05. The Hall–Kier alpha value is -5.80. The molecule has 0 spiro atoms. The predicted octanol–water partition coefficient (Wildman–Crippen LogP) is 6.67. The molecule has 2 saturated heterocycles. The molecule has 4 aromatic carbocycles. The topological polar surface area (TPSA) is 123 Å². The van der Waals surface area contributed by atoms with Crippen LogP contribution < -0.4 is 26.2 Å². The van der Waals surface area contributed by atoms with Gasteiger partial charge >= 0.3 is 6.18 Å². The average Bonchev–Trinajstić information content (AvgIpc) is 3.19. The van der Waals surface area contributed by atoms with E-state index in [0.717, 1.165) is 50.5 Å². The molecule has 7 rings (SSSR count). The molecule has 0 radical (unpaired) electrons. The first-order valence-electron chi connectivity index (χ1n) is 19.0. The van der Waals surface area contributed by atoms with Gasteiger partial charge in [-0.2, -0.15) is 13.2 Å². The third-order valence-electron chi connectivity index (χ3n) is 10.7. The molecule has 15 heteroatoms. The lowest BCUT2D eigenvalue weighted by molar-refractivity contribution is -0.137. The van der Waals surface area contributed by atoms with Gasteiger partial charge in [0.15, 0.2) is 0 Å². The Morgan fingerprint density at radius 3 is 2.12 bits per heavy atom. The molecule has 2 aliphatic heterocycles. The molecule has 298 valence electrons. The summed E-state index contributed by atoms with van der Waals surface area (Å²) >= 11 is 0. The fourth-order valence-electron chi connectivity index (χ4n) is 7.32. The molecule has 1 aromatic heterocycles.